The number of rotatable bonds is 4. The van der Waals surface area contributed by atoms with E-state index in [0.29, 0.717) is 31.6 Å². The Labute approximate surface area is 153 Å². The van der Waals surface area contributed by atoms with Gasteiger partial charge < -0.3 is 14.9 Å². The summed E-state index contributed by atoms with van der Waals surface area (Å²) in [5, 5.41) is 9.18. The molecule has 2 amide bonds. The number of hydrogen-bond acceptors (Lipinski definition) is 3. The van der Waals surface area contributed by atoms with Crippen LogP contribution in [0.3, 0.4) is 0 Å². The molecule has 2 fully saturated rings. The topological polar surface area (TPSA) is 60.9 Å². The summed E-state index contributed by atoms with van der Waals surface area (Å²) in [4.78, 5) is 28.4. The summed E-state index contributed by atoms with van der Waals surface area (Å²) in [7, 11) is 0. The maximum Gasteiger partial charge on any atom is 0.227 e. The Morgan fingerprint density at radius 3 is 2.85 bits per heavy atom. The fraction of sp³-hybridized carbons (Fsp3) is 0.600. The highest BCUT2D eigenvalue weighted by molar-refractivity contribution is 5.79. The van der Waals surface area contributed by atoms with Crippen LogP contribution in [0.15, 0.2) is 18.2 Å². The number of aliphatic hydroxyl groups excluding tert-OH is 1. The fourth-order valence-corrected chi connectivity index (χ4v) is 4.28. The number of piperidine rings is 2. The number of benzene rings is 1. The van der Waals surface area contributed by atoms with Crippen LogP contribution in [-0.4, -0.2) is 59.5 Å². The number of amides is 2. The van der Waals surface area contributed by atoms with Gasteiger partial charge in [-0.2, -0.15) is 0 Å². The van der Waals surface area contributed by atoms with Crippen LogP contribution in [0.5, 0.6) is 0 Å². The van der Waals surface area contributed by atoms with Crippen molar-refractivity contribution < 1.29 is 19.1 Å². The summed E-state index contributed by atoms with van der Waals surface area (Å²) >= 11 is 0. The highest BCUT2D eigenvalue weighted by atomic mass is 19.1. The van der Waals surface area contributed by atoms with Gasteiger partial charge >= 0.3 is 0 Å². The number of likely N-dealkylation sites (tertiary alicyclic amines) is 2. The van der Waals surface area contributed by atoms with E-state index >= 15 is 0 Å². The fourth-order valence-electron chi connectivity index (χ4n) is 4.28. The normalized spacial score (nSPS) is 23.6. The monoisotopic (exact) mass is 362 g/mol. The number of nitrogens with zero attached hydrogens (tertiary/aromatic N) is 2. The summed E-state index contributed by atoms with van der Waals surface area (Å²) in [6.45, 7) is 4.04. The van der Waals surface area contributed by atoms with Crippen molar-refractivity contribution in [3.63, 3.8) is 0 Å². The van der Waals surface area contributed by atoms with Gasteiger partial charge in [0.1, 0.15) is 5.82 Å². The second-order valence-electron chi connectivity index (χ2n) is 7.72. The Kier molecular flexibility index (Phi) is 5.61. The van der Waals surface area contributed by atoms with Crippen molar-refractivity contribution in [1.29, 1.82) is 0 Å². The minimum absolute atomic E-state index is 0.0334. The highest BCUT2D eigenvalue weighted by Gasteiger charge is 2.42. The Morgan fingerprint density at radius 1 is 1.31 bits per heavy atom. The molecule has 2 heterocycles. The third-order valence-corrected chi connectivity index (χ3v) is 5.71. The molecule has 5 nitrogen and oxygen atoms in total. The van der Waals surface area contributed by atoms with E-state index in [9.17, 15) is 19.1 Å². The molecule has 1 aromatic carbocycles. The molecule has 1 atom stereocenters. The van der Waals surface area contributed by atoms with Crippen LogP contribution in [0.2, 0.25) is 0 Å². The van der Waals surface area contributed by atoms with E-state index in [2.05, 4.69) is 0 Å². The molecular weight excluding hydrogens is 335 g/mol. The lowest BCUT2D eigenvalue weighted by molar-refractivity contribution is -0.143. The second kappa shape index (κ2) is 7.74. The largest absolute Gasteiger partial charge is 0.395 e. The molecule has 1 unspecified atom stereocenters. The third kappa shape index (κ3) is 4.06. The zero-order valence-electron chi connectivity index (χ0n) is 15.3. The molecule has 3 rings (SSSR count). The number of halogens is 1. The Hall–Kier alpha value is -1.95. The molecule has 142 valence electrons. The molecule has 0 aromatic heterocycles. The van der Waals surface area contributed by atoms with E-state index < -0.39 is 0 Å². The van der Waals surface area contributed by atoms with E-state index in [1.807, 2.05) is 4.90 Å². The molecule has 6 heteroatoms. The smallest absolute Gasteiger partial charge is 0.227 e. The molecule has 0 saturated carbocycles. The Bertz CT molecular complexity index is 694. The minimum atomic E-state index is -0.256. The van der Waals surface area contributed by atoms with Gasteiger partial charge in [0.05, 0.1) is 13.0 Å². The number of carbonyl (C=O) groups excluding carboxylic acids is 2. The van der Waals surface area contributed by atoms with Crippen LogP contribution in [0.4, 0.5) is 4.39 Å². The number of β-amino-alcohol motifs (C(OH)–C–C–N with tert-alkyl or cyclic N) is 1. The van der Waals surface area contributed by atoms with Crippen LogP contribution in [0, 0.1) is 18.2 Å². The molecule has 26 heavy (non-hydrogen) atoms. The van der Waals surface area contributed by atoms with Gasteiger partial charge in [-0.05, 0) is 43.4 Å². The lowest BCUT2D eigenvalue weighted by Crippen LogP contribution is -2.55. The first-order valence-corrected chi connectivity index (χ1v) is 9.34. The molecule has 0 aliphatic carbocycles. The molecule has 0 bridgehead atoms. The van der Waals surface area contributed by atoms with Gasteiger partial charge in [-0.3, -0.25) is 9.59 Å². The van der Waals surface area contributed by atoms with Crippen LogP contribution in [0.1, 0.15) is 36.8 Å². The van der Waals surface area contributed by atoms with Crippen molar-refractivity contribution in [2.45, 2.75) is 39.0 Å². The van der Waals surface area contributed by atoms with E-state index in [0.717, 1.165) is 31.4 Å². The first-order chi connectivity index (χ1) is 12.4. The first-order valence-electron chi connectivity index (χ1n) is 9.34. The van der Waals surface area contributed by atoms with Crippen molar-refractivity contribution in [2.24, 2.45) is 5.41 Å². The van der Waals surface area contributed by atoms with E-state index in [1.165, 1.54) is 6.07 Å². The number of hydrogen-bond donors (Lipinski definition) is 1. The number of aliphatic hydroxyl groups is 1. The maximum atomic E-state index is 13.4. The van der Waals surface area contributed by atoms with Crippen molar-refractivity contribution in [3.8, 4) is 0 Å². The summed E-state index contributed by atoms with van der Waals surface area (Å²) in [5.41, 5.74) is 1.32. The summed E-state index contributed by atoms with van der Waals surface area (Å²) in [6.07, 6.45) is 3.49. The average Bonchev–Trinajstić information content (AvgIpc) is 2.62. The molecule has 1 N–H and O–H groups in total. The zero-order valence-corrected chi connectivity index (χ0v) is 15.3. The van der Waals surface area contributed by atoms with Crippen LogP contribution in [-0.2, 0) is 16.0 Å². The number of carbonyl (C=O) groups is 2. The Morgan fingerprint density at radius 2 is 2.12 bits per heavy atom. The van der Waals surface area contributed by atoms with Crippen molar-refractivity contribution in [1.82, 2.24) is 9.80 Å². The van der Waals surface area contributed by atoms with Crippen LogP contribution < -0.4 is 0 Å². The third-order valence-electron chi connectivity index (χ3n) is 5.71. The number of aryl methyl sites for hydroxylation is 1. The van der Waals surface area contributed by atoms with Gasteiger partial charge in [0.2, 0.25) is 11.8 Å². The van der Waals surface area contributed by atoms with Crippen molar-refractivity contribution in [2.75, 3.05) is 32.8 Å². The summed E-state index contributed by atoms with van der Waals surface area (Å²) < 4.78 is 13.4. The van der Waals surface area contributed by atoms with Gasteiger partial charge in [0.25, 0.3) is 0 Å². The predicted octanol–water partition coefficient (Wildman–Crippen LogP) is 1.90. The standard InChI is InChI=1S/C20H27FN2O3/c1-15-11-16(3-4-17(15)21)12-19(26)22-8-2-6-20(13-22)7-5-18(25)23(14-20)9-10-24/h3-4,11,24H,2,5-10,12-14H2,1H3. The molecular formula is C20H27FN2O3. The minimum Gasteiger partial charge on any atom is -0.395 e. The van der Waals surface area contributed by atoms with Gasteiger partial charge in [0, 0.05) is 38.0 Å². The predicted molar refractivity (Wildman–Crippen MR) is 96.0 cm³/mol. The molecule has 2 aliphatic rings. The maximum absolute atomic E-state index is 13.4. The molecule has 0 radical (unpaired) electrons. The van der Waals surface area contributed by atoms with Gasteiger partial charge in [-0.1, -0.05) is 12.1 Å². The van der Waals surface area contributed by atoms with Gasteiger partial charge in [-0.15, -0.1) is 0 Å². The first kappa shape index (κ1) is 18.8. The van der Waals surface area contributed by atoms with Gasteiger partial charge in [0.15, 0.2) is 0 Å². The molecule has 2 aliphatic heterocycles. The lowest BCUT2D eigenvalue weighted by Gasteiger charge is -2.48. The zero-order chi connectivity index (χ0) is 18.7. The Balaban J connectivity index is 1.66. The molecule has 2 saturated heterocycles. The van der Waals surface area contributed by atoms with Crippen molar-refractivity contribution in [3.05, 3.63) is 35.1 Å². The van der Waals surface area contributed by atoms with Crippen LogP contribution in [0.25, 0.3) is 0 Å². The van der Waals surface area contributed by atoms with E-state index in [4.69, 9.17) is 0 Å². The SMILES string of the molecule is Cc1cc(CC(=O)N2CCCC3(CCC(=O)N(CCO)C3)C2)ccc1F. The summed E-state index contributed by atoms with van der Waals surface area (Å²) in [5.74, 6) is -0.107. The quantitative estimate of drug-likeness (QED) is 0.890. The van der Waals surface area contributed by atoms with E-state index in [1.54, 1.807) is 24.0 Å². The summed E-state index contributed by atoms with van der Waals surface area (Å²) in [6, 6.07) is 4.81. The highest BCUT2D eigenvalue weighted by Crippen LogP contribution is 2.39. The average molecular weight is 362 g/mol. The second-order valence-corrected chi connectivity index (χ2v) is 7.72. The van der Waals surface area contributed by atoms with Gasteiger partial charge in [-0.25, -0.2) is 4.39 Å². The van der Waals surface area contributed by atoms with Crippen molar-refractivity contribution >= 4 is 11.8 Å². The lowest BCUT2D eigenvalue weighted by atomic mass is 9.73. The molecule has 1 aromatic rings. The van der Waals surface area contributed by atoms with Crippen LogP contribution >= 0.6 is 0 Å². The van der Waals surface area contributed by atoms with E-state index in [-0.39, 0.29) is 36.1 Å². The molecule has 1 spiro atoms.